The SMILES string of the molecule is CC(O)[C@@]1(O)CC[C@H]2[C@@H]3CCC4CC(O)CC[C@]4(C)[C@H]3C(O)C[C@@]21C. The Hall–Kier alpha value is -0.160. The molecular formula is C21H36O4. The van der Waals surface area contributed by atoms with Crippen molar-refractivity contribution in [3.63, 3.8) is 0 Å². The Bertz CT molecular complexity index is 536. The molecule has 4 N–H and O–H groups in total. The Balaban J connectivity index is 1.69. The lowest BCUT2D eigenvalue weighted by molar-refractivity contribution is -0.218. The monoisotopic (exact) mass is 352 g/mol. The molecule has 0 aromatic carbocycles. The van der Waals surface area contributed by atoms with Gasteiger partial charge in [0.05, 0.1) is 23.9 Å². The van der Waals surface area contributed by atoms with Crippen molar-refractivity contribution in [1.82, 2.24) is 0 Å². The van der Waals surface area contributed by atoms with Crippen molar-refractivity contribution < 1.29 is 20.4 Å². The van der Waals surface area contributed by atoms with E-state index >= 15 is 0 Å². The van der Waals surface area contributed by atoms with Crippen LogP contribution in [0.25, 0.3) is 0 Å². The second kappa shape index (κ2) is 5.67. The van der Waals surface area contributed by atoms with Crippen molar-refractivity contribution in [1.29, 1.82) is 0 Å². The van der Waals surface area contributed by atoms with Gasteiger partial charge in [0.1, 0.15) is 0 Å². The molecule has 0 radical (unpaired) electrons. The van der Waals surface area contributed by atoms with Crippen LogP contribution in [0.1, 0.15) is 72.1 Å². The van der Waals surface area contributed by atoms with Crippen LogP contribution in [0.3, 0.4) is 0 Å². The first kappa shape index (κ1) is 18.2. The van der Waals surface area contributed by atoms with Crippen LogP contribution in [-0.4, -0.2) is 44.3 Å². The highest BCUT2D eigenvalue weighted by molar-refractivity contribution is 5.17. The van der Waals surface area contributed by atoms with Crippen LogP contribution in [0.5, 0.6) is 0 Å². The van der Waals surface area contributed by atoms with E-state index in [1.54, 1.807) is 6.92 Å². The number of hydrogen-bond acceptors (Lipinski definition) is 4. The van der Waals surface area contributed by atoms with Crippen molar-refractivity contribution >= 4 is 0 Å². The van der Waals surface area contributed by atoms with Gasteiger partial charge in [-0.1, -0.05) is 13.8 Å². The van der Waals surface area contributed by atoms with Crippen molar-refractivity contribution in [3.8, 4) is 0 Å². The molecule has 0 aromatic rings. The highest BCUT2D eigenvalue weighted by atomic mass is 16.3. The van der Waals surface area contributed by atoms with E-state index in [0.29, 0.717) is 30.6 Å². The summed E-state index contributed by atoms with van der Waals surface area (Å²) in [5.74, 6) is 1.59. The zero-order chi connectivity index (χ0) is 18.2. The van der Waals surface area contributed by atoms with Crippen LogP contribution in [0.2, 0.25) is 0 Å². The van der Waals surface area contributed by atoms with E-state index < -0.39 is 23.2 Å². The first-order valence-electron chi connectivity index (χ1n) is 10.4. The molecule has 4 fully saturated rings. The average Bonchev–Trinajstić information content (AvgIpc) is 2.80. The van der Waals surface area contributed by atoms with Crippen LogP contribution in [-0.2, 0) is 0 Å². The van der Waals surface area contributed by atoms with Crippen molar-refractivity contribution in [3.05, 3.63) is 0 Å². The lowest BCUT2D eigenvalue weighted by Crippen LogP contribution is -2.63. The van der Waals surface area contributed by atoms with E-state index in [0.717, 1.165) is 38.5 Å². The van der Waals surface area contributed by atoms with Gasteiger partial charge >= 0.3 is 0 Å². The Morgan fingerprint density at radius 2 is 1.72 bits per heavy atom. The molecule has 0 aliphatic heterocycles. The van der Waals surface area contributed by atoms with Crippen LogP contribution in [0.15, 0.2) is 0 Å². The molecule has 4 aliphatic rings. The second-order valence-electron chi connectivity index (χ2n) is 10.3. The number of fused-ring (bicyclic) bond motifs is 5. The summed E-state index contributed by atoms with van der Waals surface area (Å²) in [6.07, 6.45) is 5.77. The lowest BCUT2D eigenvalue weighted by atomic mass is 9.43. The van der Waals surface area contributed by atoms with E-state index in [4.69, 9.17) is 0 Å². The first-order chi connectivity index (χ1) is 11.6. The van der Waals surface area contributed by atoms with Gasteiger partial charge in [0.25, 0.3) is 0 Å². The van der Waals surface area contributed by atoms with Crippen LogP contribution < -0.4 is 0 Å². The molecule has 0 heterocycles. The minimum atomic E-state index is -1.08. The largest absolute Gasteiger partial charge is 0.393 e. The quantitative estimate of drug-likeness (QED) is 0.584. The zero-order valence-electron chi connectivity index (χ0n) is 16.0. The lowest BCUT2D eigenvalue weighted by Gasteiger charge is -2.63. The minimum absolute atomic E-state index is 0.106. The Kier molecular flexibility index (Phi) is 4.13. The van der Waals surface area contributed by atoms with Gasteiger partial charge in [-0.15, -0.1) is 0 Å². The molecule has 0 bridgehead atoms. The van der Waals surface area contributed by atoms with Crippen LogP contribution in [0.4, 0.5) is 0 Å². The van der Waals surface area contributed by atoms with Crippen molar-refractivity contribution in [2.75, 3.05) is 0 Å². The maximum absolute atomic E-state index is 11.3. The number of rotatable bonds is 1. The molecule has 4 unspecified atom stereocenters. The standard InChI is InChI=1S/C21H36O4/c1-12(22)21(25)9-7-16-15-5-4-13-10-14(23)6-8-19(13,2)18(15)17(24)11-20(16,21)3/h12-18,22-25H,4-11H2,1-3H3/t12?,13?,14?,15-,16-,17?,18+,19-,20-,21-/m0/s1. The fourth-order valence-electron chi connectivity index (χ4n) is 8.09. The molecule has 4 aliphatic carbocycles. The molecule has 0 spiro atoms. The summed E-state index contributed by atoms with van der Waals surface area (Å²) in [6, 6.07) is 0. The van der Waals surface area contributed by atoms with Gasteiger partial charge in [0, 0.05) is 5.41 Å². The molecular weight excluding hydrogens is 316 g/mol. The molecule has 4 nitrogen and oxygen atoms in total. The average molecular weight is 353 g/mol. The predicted octanol–water partition coefficient (Wildman–Crippen LogP) is 2.47. The van der Waals surface area contributed by atoms with Gasteiger partial charge in [-0.2, -0.15) is 0 Å². The Morgan fingerprint density at radius 3 is 2.40 bits per heavy atom. The van der Waals surface area contributed by atoms with Gasteiger partial charge in [-0.3, -0.25) is 0 Å². The number of hydrogen-bond donors (Lipinski definition) is 4. The summed E-state index contributed by atoms with van der Waals surface area (Å²) in [5.41, 5.74) is -1.38. The molecule has 0 saturated heterocycles. The summed E-state index contributed by atoms with van der Waals surface area (Å²) < 4.78 is 0. The molecule has 4 heteroatoms. The third kappa shape index (κ3) is 2.27. The van der Waals surface area contributed by atoms with Crippen molar-refractivity contribution in [2.24, 2.45) is 34.5 Å². The number of aliphatic hydroxyl groups is 4. The molecule has 4 rings (SSSR count). The van der Waals surface area contributed by atoms with Crippen molar-refractivity contribution in [2.45, 2.75) is 96.1 Å². The Labute approximate surface area is 151 Å². The molecule has 0 amide bonds. The fourth-order valence-corrected chi connectivity index (χ4v) is 8.09. The minimum Gasteiger partial charge on any atom is -0.393 e. The topological polar surface area (TPSA) is 80.9 Å². The normalized spacial score (nSPS) is 59.6. The smallest absolute Gasteiger partial charge is 0.0959 e. The summed E-state index contributed by atoms with van der Waals surface area (Å²) in [4.78, 5) is 0. The van der Waals surface area contributed by atoms with Gasteiger partial charge < -0.3 is 20.4 Å². The van der Waals surface area contributed by atoms with Crippen LogP contribution >= 0.6 is 0 Å². The predicted molar refractivity (Wildman–Crippen MR) is 95.8 cm³/mol. The van der Waals surface area contributed by atoms with Crippen LogP contribution in [0, 0.1) is 34.5 Å². The number of aliphatic hydroxyl groups excluding tert-OH is 3. The summed E-state index contributed by atoms with van der Waals surface area (Å²) in [5, 5.41) is 42.9. The highest BCUT2D eigenvalue weighted by Crippen LogP contribution is 2.68. The van der Waals surface area contributed by atoms with Gasteiger partial charge in [0.2, 0.25) is 0 Å². The van der Waals surface area contributed by atoms with Gasteiger partial charge in [0.15, 0.2) is 0 Å². The molecule has 0 aromatic heterocycles. The van der Waals surface area contributed by atoms with E-state index in [-0.39, 0.29) is 17.4 Å². The second-order valence-corrected chi connectivity index (χ2v) is 10.3. The van der Waals surface area contributed by atoms with E-state index in [2.05, 4.69) is 13.8 Å². The van der Waals surface area contributed by atoms with E-state index in [9.17, 15) is 20.4 Å². The van der Waals surface area contributed by atoms with Gasteiger partial charge in [-0.25, -0.2) is 0 Å². The maximum Gasteiger partial charge on any atom is 0.0959 e. The summed E-state index contributed by atoms with van der Waals surface area (Å²) in [6.45, 7) is 6.16. The molecule has 144 valence electrons. The third-order valence-electron chi connectivity index (χ3n) is 9.48. The molecule has 10 atom stereocenters. The summed E-state index contributed by atoms with van der Waals surface area (Å²) in [7, 11) is 0. The molecule has 4 saturated carbocycles. The Morgan fingerprint density at radius 1 is 1.00 bits per heavy atom. The molecule has 25 heavy (non-hydrogen) atoms. The fraction of sp³-hybridized carbons (Fsp3) is 1.00. The summed E-state index contributed by atoms with van der Waals surface area (Å²) >= 11 is 0. The zero-order valence-corrected chi connectivity index (χ0v) is 16.0. The van der Waals surface area contributed by atoms with E-state index in [1.807, 2.05) is 0 Å². The maximum atomic E-state index is 11.3. The van der Waals surface area contributed by atoms with E-state index in [1.165, 1.54) is 0 Å². The van der Waals surface area contributed by atoms with Gasteiger partial charge in [-0.05, 0) is 87.4 Å². The third-order valence-corrected chi connectivity index (χ3v) is 9.48. The highest BCUT2D eigenvalue weighted by Gasteiger charge is 2.67. The first-order valence-corrected chi connectivity index (χ1v) is 10.4.